The van der Waals surface area contributed by atoms with Gasteiger partial charge in [-0.25, -0.2) is 9.97 Å². The monoisotopic (exact) mass is 304 g/mol. The Morgan fingerprint density at radius 1 is 1.23 bits per heavy atom. The highest BCUT2D eigenvalue weighted by Gasteiger charge is 2.29. The number of nitrogens with zero attached hydrogens (tertiary/aromatic N) is 4. The lowest BCUT2D eigenvalue weighted by atomic mass is 9.99. The van der Waals surface area contributed by atoms with Crippen molar-refractivity contribution in [3.05, 3.63) is 12.4 Å². The molecular formula is C16H24N4O2. The number of carbonyl (C=O) groups excluding carboxylic acids is 1. The van der Waals surface area contributed by atoms with E-state index in [0.29, 0.717) is 24.4 Å². The molecule has 2 aliphatic heterocycles. The smallest absolute Gasteiger partial charge is 0.222 e. The van der Waals surface area contributed by atoms with Gasteiger partial charge in [0.05, 0.1) is 6.61 Å². The molecule has 1 aromatic rings. The summed E-state index contributed by atoms with van der Waals surface area (Å²) in [6.45, 7) is 5.35. The van der Waals surface area contributed by atoms with E-state index in [4.69, 9.17) is 4.74 Å². The number of hydrogen-bond acceptors (Lipinski definition) is 5. The maximum atomic E-state index is 12.0. The first-order chi connectivity index (χ1) is 10.8. The summed E-state index contributed by atoms with van der Waals surface area (Å²) in [5, 5.41) is 0. The third kappa shape index (κ3) is 3.31. The van der Waals surface area contributed by atoms with Gasteiger partial charge in [-0.3, -0.25) is 4.79 Å². The van der Waals surface area contributed by atoms with Crippen LogP contribution in [0.2, 0.25) is 0 Å². The van der Waals surface area contributed by atoms with Gasteiger partial charge in [-0.05, 0) is 32.6 Å². The van der Waals surface area contributed by atoms with E-state index in [1.807, 2.05) is 13.0 Å². The minimum Gasteiger partial charge on any atom is -0.478 e. The third-order valence-corrected chi connectivity index (χ3v) is 4.51. The Bertz CT molecular complexity index is 515. The van der Waals surface area contributed by atoms with Crippen LogP contribution in [-0.2, 0) is 4.79 Å². The molecule has 3 heterocycles. The average molecular weight is 304 g/mol. The first-order valence-corrected chi connectivity index (χ1v) is 8.27. The van der Waals surface area contributed by atoms with E-state index in [9.17, 15) is 4.79 Å². The summed E-state index contributed by atoms with van der Waals surface area (Å²) in [6.07, 6.45) is 6.51. The van der Waals surface area contributed by atoms with Gasteiger partial charge in [0.2, 0.25) is 11.8 Å². The second kappa shape index (κ2) is 6.94. The van der Waals surface area contributed by atoms with E-state index in [-0.39, 0.29) is 0 Å². The Morgan fingerprint density at radius 3 is 2.77 bits per heavy atom. The molecule has 0 atom stereocenters. The molecule has 2 fully saturated rings. The molecule has 1 amide bonds. The van der Waals surface area contributed by atoms with Crippen LogP contribution in [0.5, 0.6) is 5.88 Å². The first kappa shape index (κ1) is 15.1. The zero-order valence-electron chi connectivity index (χ0n) is 13.2. The van der Waals surface area contributed by atoms with E-state index < -0.39 is 0 Å². The molecule has 0 unspecified atom stereocenters. The second-order valence-corrected chi connectivity index (χ2v) is 5.91. The van der Waals surface area contributed by atoms with E-state index >= 15 is 0 Å². The number of piperidine rings is 2. The fourth-order valence-electron chi connectivity index (χ4n) is 3.35. The number of rotatable bonds is 4. The number of carbonyl (C=O) groups is 1. The summed E-state index contributed by atoms with van der Waals surface area (Å²) in [6, 6.07) is 2.30. The molecule has 2 saturated heterocycles. The van der Waals surface area contributed by atoms with E-state index in [0.717, 1.165) is 57.6 Å². The molecule has 0 aromatic carbocycles. The number of hydrogen-bond donors (Lipinski definition) is 0. The van der Waals surface area contributed by atoms with Gasteiger partial charge in [-0.1, -0.05) is 0 Å². The largest absolute Gasteiger partial charge is 0.478 e. The van der Waals surface area contributed by atoms with Gasteiger partial charge in [0.15, 0.2) is 0 Å². The Hall–Kier alpha value is -1.85. The molecule has 1 aromatic heterocycles. The van der Waals surface area contributed by atoms with Crippen molar-refractivity contribution >= 4 is 11.7 Å². The van der Waals surface area contributed by atoms with Gasteiger partial charge in [-0.2, -0.15) is 0 Å². The van der Waals surface area contributed by atoms with Crippen LogP contribution in [0.25, 0.3) is 0 Å². The maximum absolute atomic E-state index is 12.0. The van der Waals surface area contributed by atoms with E-state index in [1.54, 1.807) is 6.33 Å². The minimum absolute atomic E-state index is 0.338. The van der Waals surface area contributed by atoms with Gasteiger partial charge < -0.3 is 14.5 Å². The van der Waals surface area contributed by atoms with Crippen molar-refractivity contribution in [3.63, 3.8) is 0 Å². The van der Waals surface area contributed by atoms with Crippen LogP contribution < -0.4 is 9.64 Å². The quantitative estimate of drug-likeness (QED) is 0.850. The van der Waals surface area contributed by atoms with Gasteiger partial charge >= 0.3 is 0 Å². The van der Waals surface area contributed by atoms with Crippen LogP contribution in [0.1, 0.15) is 39.0 Å². The second-order valence-electron chi connectivity index (χ2n) is 5.91. The van der Waals surface area contributed by atoms with Crippen molar-refractivity contribution in [1.29, 1.82) is 0 Å². The summed E-state index contributed by atoms with van der Waals surface area (Å²) >= 11 is 0. The number of anilines is 1. The summed E-state index contributed by atoms with van der Waals surface area (Å²) in [7, 11) is 0. The Morgan fingerprint density at radius 2 is 2.05 bits per heavy atom. The molecule has 6 nitrogen and oxygen atoms in total. The molecule has 0 saturated carbocycles. The van der Waals surface area contributed by atoms with Gasteiger partial charge in [0.25, 0.3) is 0 Å². The van der Waals surface area contributed by atoms with E-state index in [2.05, 4.69) is 19.8 Å². The van der Waals surface area contributed by atoms with Crippen molar-refractivity contribution in [2.24, 2.45) is 0 Å². The minimum atomic E-state index is 0.338. The first-order valence-electron chi connectivity index (χ1n) is 8.27. The average Bonchev–Trinajstić information content (AvgIpc) is 2.56. The topological polar surface area (TPSA) is 58.6 Å². The molecule has 3 rings (SSSR count). The fraction of sp³-hybridized carbons (Fsp3) is 0.688. The Labute approximate surface area is 131 Å². The van der Waals surface area contributed by atoms with Crippen molar-refractivity contribution < 1.29 is 9.53 Å². The highest BCUT2D eigenvalue weighted by atomic mass is 16.5. The van der Waals surface area contributed by atoms with Gasteiger partial charge in [-0.15, -0.1) is 0 Å². The molecule has 120 valence electrons. The predicted molar refractivity (Wildman–Crippen MR) is 84.0 cm³/mol. The van der Waals surface area contributed by atoms with Gasteiger partial charge in [0.1, 0.15) is 12.1 Å². The molecular weight excluding hydrogens is 280 g/mol. The molecule has 0 bridgehead atoms. The number of ether oxygens (including phenoxy) is 1. The molecule has 22 heavy (non-hydrogen) atoms. The molecule has 0 spiro atoms. The maximum Gasteiger partial charge on any atom is 0.222 e. The summed E-state index contributed by atoms with van der Waals surface area (Å²) in [5.41, 5.74) is 0. The molecule has 6 heteroatoms. The Kier molecular flexibility index (Phi) is 4.75. The van der Waals surface area contributed by atoms with Crippen LogP contribution in [-0.4, -0.2) is 53.1 Å². The van der Waals surface area contributed by atoms with Crippen LogP contribution in [0.15, 0.2) is 12.4 Å². The fourth-order valence-corrected chi connectivity index (χ4v) is 3.35. The summed E-state index contributed by atoms with van der Waals surface area (Å²) in [4.78, 5) is 24.9. The predicted octanol–water partition coefficient (Wildman–Crippen LogP) is 1.86. The standard InChI is InChI=1S/C16H24N4O2/c1-2-22-15-11-14(17-12-18-15)19-9-6-13(7-10-19)20-8-4-3-5-16(20)21/h11-13H,2-10H2,1H3. The number of likely N-dealkylation sites (tertiary alicyclic amines) is 1. The van der Waals surface area contributed by atoms with Crippen LogP contribution in [0.4, 0.5) is 5.82 Å². The van der Waals surface area contributed by atoms with Crippen LogP contribution >= 0.6 is 0 Å². The number of amides is 1. The lowest BCUT2D eigenvalue weighted by Crippen LogP contribution is -2.49. The molecule has 2 aliphatic rings. The molecule has 0 aliphatic carbocycles. The normalized spacial score (nSPS) is 20.3. The SMILES string of the molecule is CCOc1cc(N2CCC(N3CCCCC3=O)CC2)ncn1. The summed E-state index contributed by atoms with van der Waals surface area (Å²) < 4.78 is 5.44. The van der Waals surface area contributed by atoms with E-state index in [1.165, 1.54) is 0 Å². The van der Waals surface area contributed by atoms with Crippen molar-refractivity contribution in [1.82, 2.24) is 14.9 Å². The molecule has 0 radical (unpaired) electrons. The van der Waals surface area contributed by atoms with Crippen LogP contribution in [0, 0.1) is 0 Å². The van der Waals surface area contributed by atoms with Crippen molar-refractivity contribution in [3.8, 4) is 5.88 Å². The highest BCUT2D eigenvalue weighted by Crippen LogP contribution is 2.25. The third-order valence-electron chi connectivity index (χ3n) is 4.51. The lowest BCUT2D eigenvalue weighted by molar-refractivity contribution is -0.136. The summed E-state index contributed by atoms with van der Waals surface area (Å²) in [5.74, 6) is 1.88. The number of aromatic nitrogens is 2. The lowest BCUT2D eigenvalue weighted by Gasteiger charge is -2.40. The zero-order chi connectivity index (χ0) is 15.4. The van der Waals surface area contributed by atoms with Crippen LogP contribution in [0.3, 0.4) is 0 Å². The Balaban J connectivity index is 1.59. The highest BCUT2D eigenvalue weighted by molar-refractivity contribution is 5.77. The van der Waals surface area contributed by atoms with Crippen molar-refractivity contribution in [2.75, 3.05) is 31.1 Å². The van der Waals surface area contributed by atoms with Gasteiger partial charge in [0, 0.05) is 38.2 Å². The zero-order valence-corrected chi connectivity index (χ0v) is 13.2. The van der Waals surface area contributed by atoms with Crippen molar-refractivity contribution in [2.45, 2.75) is 45.1 Å². The molecule has 0 N–H and O–H groups in total.